The quantitative estimate of drug-likeness (QED) is 0.529. The molecule has 1 amide bonds. The average molecular weight is 465 g/mol. The second kappa shape index (κ2) is 9.37. The van der Waals surface area contributed by atoms with Crippen molar-refractivity contribution in [2.24, 2.45) is 11.8 Å². The van der Waals surface area contributed by atoms with E-state index in [0.717, 1.165) is 36.1 Å². The van der Waals surface area contributed by atoms with Gasteiger partial charge in [-0.05, 0) is 41.0 Å². The minimum absolute atomic E-state index is 0.126. The fourth-order valence-corrected chi connectivity index (χ4v) is 4.43. The molecule has 8 heteroatoms. The van der Waals surface area contributed by atoms with E-state index in [1.54, 1.807) is 18.3 Å². The first-order valence-corrected chi connectivity index (χ1v) is 11.4. The molecule has 1 aromatic heterocycles. The number of hydrogen-bond donors (Lipinski definition) is 2. The summed E-state index contributed by atoms with van der Waals surface area (Å²) in [4.78, 5) is 24.2. The van der Waals surface area contributed by atoms with Gasteiger partial charge in [-0.3, -0.25) is 4.79 Å². The first-order valence-electron chi connectivity index (χ1n) is 11.1. The largest absolute Gasteiger partial charge is 0.472 e. The van der Waals surface area contributed by atoms with Crippen LogP contribution >= 0.6 is 11.6 Å². The Bertz CT molecular complexity index is 1150. The zero-order valence-electron chi connectivity index (χ0n) is 18.1. The molecule has 2 fully saturated rings. The van der Waals surface area contributed by atoms with Gasteiger partial charge in [0.2, 0.25) is 11.8 Å². The van der Waals surface area contributed by atoms with Crippen LogP contribution in [0.3, 0.4) is 0 Å². The number of carbonyl (C=O) groups excluding carboxylic acids is 1. The molecule has 2 aliphatic rings. The lowest BCUT2D eigenvalue weighted by atomic mass is 10.1. The normalized spacial score (nSPS) is 18.7. The van der Waals surface area contributed by atoms with Crippen LogP contribution in [0.5, 0.6) is 5.88 Å². The van der Waals surface area contributed by atoms with Gasteiger partial charge in [-0.2, -0.15) is 4.98 Å². The zero-order valence-corrected chi connectivity index (χ0v) is 18.8. The van der Waals surface area contributed by atoms with Gasteiger partial charge in [0.05, 0.1) is 6.61 Å². The van der Waals surface area contributed by atoms with Crippen molar-refractivity contribution in [2.75, 3.05) is 18.0 Å². The van der Waals surface area contributed by atoms with E-state index in [1.165, 1.54) is 6.42 Å². The van der Waals surface area contributed by atoms with Gasteiger partial charge in [0.1, 0.15) is 12.2 Å². The summed E-state index contributed by atoms with van der Waals surface area (Å²) in [6.45, 7) is 2.35. The van der Waals surface area contributed by atoms with Crippen molar-refractivity contribution < 1.29 is 14.6 Å². The highest BCUT2D eigenvalue weighted by molar-refractivity contribution is 6.31. The number of anilines is 1. The molecule has 5 rings (SSSR count). The van der Waals surface area contributed by atoms with E-state index in [-0.39, 0.29) is 30.6 Å². The number of halogens is 1. The topological polar surface area (TPSA) is 87.6 Å². The van der Waals surface area contributed by atoms with Crippen LogP contribution in [0.4, 0.5) is 5.95 Å². The number of benzene rings is 2. The van der Waals surface area contributed by atoms with E-state index in [9.17, 15) is 9.90 Å². The first-order chi connectivity index (χ1) is 16.1. The van der Waals surface area contributed by atoms with Gasteiger partial charge in [0, 0.05) is 30.9 Å². The molecule has 170 valence electrons. The number of aliphatic hydroxyl groups is 1. The van der Waals surface area contributed by atoms with E-state index in [1.807, 2.05) is 36.4 Å². The maximum atomic E-state index is 12.9. The highest BCUT2D eigenvalue weighted by Crippen LogP contribution is 2.45. The fraction of sp³-hybridized carbons (Fsp3) is 0.320. The third kappa shape index (κ3) is 4.94. The Morgan fingerprint density at radius 2 is 1.94 bits per heavy atom. The van der Waals surface area contributed by atoms with Crippen molar-refractivity contribution in [3.05, 3.63) is 82.0 Å². The lowest BCUT2D eigenvalue weighted by molar-refractivity contribution is 0.0945. The number of fused-ring (bicyclic) bond motifs is 1. The predicted molar refractivity (Wildman–Crippen MR) is 125 cm³/mol. The highest BCUT2D eigenvalue weighted by atomic mass is 35.5. The smallest absolute Gasteiger partial charge is 0.258 e. The van der Waals surface area contributed by atoms with Gasteiger partial charge in [-0.1, -0.05) is 54.1 Å². The van der Waals surface area contributed by atoms with E-state index < -0.39 is 0 Å². The number of hydrogen-bond acceptors (Lipinski definition) is 6. The Hall–Kier alpha value is -3.16. The van der Waals surface area contributed by atoms with Crippen LogP contribution in [0.15, 0.2) is 54.7 Å². The number of rotatable bonds is 8. The number of amides is 1. The van der Waals surface area contributed by atoms with E-state index in [2.05, 4.69) is 20.2 Å². The van der Waals surface area contributed by atoms with E-state index in [0.29, 0.717) is 23.1 Å². The maximum Gasteiger partial charge on any atom is 0.258 e. The molecular weight excluding hydrogens is 440 g/mol. The minimum Gasteiger partial charge on any atom is -0.472 e. The Kier molecular flexibility index (Phi) is 6.15. The molecule has 1 saturated carbocycles. The molecule has 2 N–H and O–H groups in total. The van der Waals surface area contributed by atoms with Crippen molar-refractivity contribution in [3.63, 3.8) is 0 Å². The third-order valence-corrected chi connectivity index (χ3v) is 6.56. The average Bonchev–Trinajstić information content (AvgIpc) is 3.46. The van der Waals surface area contributed by atoms with Gasteiger partial charge in [0.15, 0.2) is 0 Å². The van der Waals surface area contributed by atoms with Crippen LogP contribution in [-0.4, -0.2) is 34.1 Å². The summed E-state index contributed by atoms with van der Waals surface area (Å²) in [6, 6.07) is 15.1. The lowest BCUT2D eigenvalue weighted by Gasteiger charge is -2.19. The molecule has 2 aromatic carbocycles. The minimum atomic E-state index is -0.293. The van der Waals surface area contributed by atoms with Crippen molar-refractivity contribution in [1.29, 1.82) is 0 Å². The molecule has 0 bridgehead atoms. The predicted octanol–water partition coefficient (Wildman–Crippen LogP) is 3.59. The summed E-state index contributed by atoms with van der Waals surface area (Å²) in [5.41, 5.74) is 2.76. The summed E-state index contributed by atoms with van der Waals surface area (Å²) in [6.07, 6.45) is 2.83. The van der Waals surface area contributed by atoms with Gasteiger partial charge in [0.25, 0.3) is 5.91 Å². The fourth-order valence-electron chi connectivity index (χ4n) is 4.17. The number of nitrogens with one attached hydrogen (secondary N) is 1. The number of aliphatic hydroxyl groups excluding tert-OH is 1. The number of carbonyl (C=O) groups is 1. The van der Waals surface area contributed by atoms with Crippen molar-refractivity contribution in [1.82, 2.24) is 15.3 Å². The van der Waals surface area contributed by atoms with Crippen molar-refractivity contribution >= 4 is 23.5 Å². The number of ether oxygens (including phenoxy) is 1. The zero-order chi connectivity index (χ0) is 22.8. The third-order valence-electron chi connectivity index (χ3n) is 6.21. The van der Waals surface area contributed by atoms with Crippen LogP contribution in [0.1, 0.15) is 33.5 Å². The Morgan fingerprint density at radius 3 is 2.67 bits per heavy atom. The standard InChI is InChI=1S/C25H25ClN4O3/c26-22-8-17(6-7-18(22)14-31)15-33-24-21(23(32)27-10-16-4-2-1-3-5-16)11-28-25(29-24)30-12-19-9-20(19)13-30/h1-8,11,19-20,31H,9-10,12-15H2,(H,27,32). The molecule has 3 aromatic rings. The summed E-state index contributed by atoms with van der Waals surface area (Å²) < 4.78 is 6.00. The summed E-state index contributed by atoms with van der Waals surface area (Å²) in [7, 11) is 0. The molecular formula is C25H25ClN4O3. The Labute approximate surface area is 197 Å². The highest BCUT2D eigenvalue weighted by Gasteiger charge is 2.46. The molecule has 7 nitrogen and oxygen atoms in total. The summed E-state index contributed by atoms with van der Waals surface area (Å²) in [5.74, 6) is 2.01. The van der Waals surface area contributed by atoms with Crippen LogP contribution < -0.4 is 15.0 Å². The SMILES string of the molecule is O=C(NCc1ccccc1)c1cnc(N2CC3CC3C2)nc1OCc1ccc(CO)c(Cl)c1. The van der Waals surface area contributed by atoms with Gasteiger partial charge in [-0.25, -0.2) is 4.98 Å². The molecule has 33 heavy (non-hydrogen) atoms. The summed E-state index contributed by atoms with van der Waals surface area (Å²) in [5, 5.41) is 12.7. The molecule has 2 unspecified atom stereocenters. The monoisotopic (exact) mass is 464 g/mol. The molecule has 1 saturated heterocycles. The van der Waals surface area contributed by atoms with Gasteiger partial charge >= 0.3 is 0 Å². The van der Waals surface area contributed by atoms with Crippen molar-refractivity contribution in [2.45, 2.75) is 26.2 Å². The van der Waals surface area contributed by atoms with Crippen LogP contribution in [0.2, 0.25) is 5.02 Å². The second-order valence-electron chi connectivity index (χ2n) is 8.59. The number of piperidine rings is 1. The Balaban J connectivity index is 1.35. The molecule has 2 atom stereocenters. The van der Waals surface area contributed by atoms with Crippen LogP contribution in [-0.2, 0) is 19.8 Å². The van der Waals surface area contributed by atoms with E-state index >= 15 is 0 Å². The van der Waals surface area contributed by atoms with Crippen LogP contribution in [0, 0.1) is 11.8 Å². The second-order valence-corrected chi connectivity index (χ2v) is 9.00. The van der Waals surface area contributed by atoms with E-state index in [4.69, 9.17) is 16.3 Å². The Morgan fingerprint density at radius 1 is 1.15 bits per heavy atom. The molecule has 1 aliphatic carbocycles. The maximum absolute atomic E-state index is 12.9. The first kappa shape index (κ1) is 21.7. The lowest BCUT2D eigenvalue weighted by Crippen LogP contribution is -2.27. The molecule has 0 spiro atoms. The molecule has 2 heterocycles. The van der Waals surface area contributed by atoms with Gasteiger partial charge < -0.3 is 20.1 Å². The number of nitrogens with zero attached hydrogens (tertiary/aromatic N) is 3. The molecule has 0 radical (unpaired) electrons. The molecule has 1 aliphatic heterocycles. The number of aromatic nitrogens is 2. The summed E-state index contributed by atoms with van der Waals surface area (Å²) >= 11 is 6.21. The van der Waals surface area contributed by atoms with Crippen molar-refractivity contribution in [3.8, 4) is 5.88 Å². The van der Waals surface area contributed by atoms with Crippen LogP contribution in [0.25, 0.3) is 0 Å². The van der Waals surface area contributed by atoms with Gasteiger partial charge in [-0.15, -0.1) is 0 Å².